The molecule has 2 aliphatic rings. The van der Waals surface area contributed by atoms with E-state index in [0.717, 1.165) is 37.8 Å². The third kappa shape index (κ3) is 1.94. The van der Waals surface area contributed by atoms with Crippen molar-refractivity contribution in [2.75, 3.05) is 36.9 Å². The Morgan fingerprint density at radius 2 is 2.28 bits per heavy atom. The van der Waals surface area contributed by atoms with Crippen molar-refractivity contribution in [3.63, 3.8) is 0 Å². The van der Waals surface area contributed by atoms with Gasteiger partial charge >= 0.3 is 0 Å². The Morgan fingerprint density at radius 3 is 3.11 bits per heavy atom. The van der Waals surface area contributed by atoms with E-state index in [0.29, 0.717) is 6.04 Å². The van der Waals surface area contributed by atoms with Crippen LogP contribution in [-0.4, -0.2) is 37.7 Å². The van der Waals surface area contributed by atoms with Crippen LogP contribution < -0.4 is 15.5 Å². The largest absolute Gasteiger partial charge is 0.370 e. The number of likely N-dealkylation sites (N-methyl/N-ethyl adjacent to an activating group) is 1. The summed E-state index contributed by atoms with van der Waals surface area (Å²) in [6.45, 7) is 5.62. The second kappa shape index (κ2) is 4.76. The molecule has 1 saturated heterocycles. The van der Waals surface area contributed by atoms with Gasteiger partial charge in [-0.05, 0) is 31.4 Å². The number of piperidine rings is 1. The topological polar surface area (TPSA) is 40.2 Å². The Bertz CT molecular complexity index is 432. The van der Waals surface area contributed by atoms with E-state index < -0.39 is 0 Å². The number of anilines is 2. The van der Waals surface area contributed by atoms with Crippen molar-refractivity contribution in [2.24, 2.45) is 5.92 Å². The standard InChI is InChI=1S/C14H22N4/c1-10-3-6-15-9-13(10)18(2)12-5-8-17-14-11(12)4-7-16-14/h5,8,10,13,15H,3-4,6-7,9H2,1-2H3,(H,16,17)/t10-,13?/m1/s1. The number of nitrogens with zero attached hydrogens (tertiary/aromatic N) is 2. The van der Waals surface area contributed by atoms with Crippen molar-refractivity contribution in [3.8, 4) is 0 Å². The molecule has 0 spiro atoms. The molecule has 2 atom stereocenters. The number of nitrogens with one attached hydrogen (secondary N) is 2. The Kier molecular flexibility index (Phi) is 3.12. The lowest BCUT2D eigenvalue weighted by atomic mass is 9.93. The highest BCUT2D eigenvalue weighted by Crippen LogP contribution is 2.32. The number of pyridine rings is 1. The number of hydrogen-bond acceptors (Lipinski definition) is 4. The fourth-order valence-corrected chi connectivity index (χ4v) is 3.19. The smallest absolute Gasteiger partial charge is 0.131 e. The van der Waals surface area contributed by atoms with Crippen molar-refractivity contribution in [1.82, 2.24) is 10.3 Å². The van der Waals surface area contributed by atoms with Gasteiger partial charge in [0, 0.05) is 43.6 Å². The van der Waals surface area contributed by atoms with Crippen LogP contribution in [0.5, 0.6) is 0 Å². The molecule has 18 heavy (non-hydrogen) atoms. The summed E-state index contributed by atoms with van der Waals surface area (Å²) in [7, 11) is 2.22. The maximum absolute atomic E-state index is 4.41. The Hall–Kier alpha value is -1.29. The Balaban J connectivity index is 1.88. The Labute approximate surface area is 109 Å². The second-order valence-corrected chi connectivity index (χ2v) is 5.48. The molecule has 1 unspecified atom stereocenters. The zero-order valence-electron chi connectivity index (χ0n) is 11.2. The minimum Gasteiger partial charge on any atom is -0.370 e. The first-order valence-corrected chi connectivity index (χ1v) is 6.92. The highest BCUT2D eigenvalue weighted by atomic mass is 15.2. The number of rotatable bonds is 2. The van der Waals surface area contributed by atoms with Crippen molar-refractivity contribution < 1.29 is 0 Å². The first kappa shape index (κ1) is 11.8. The molecule has 3 heterocycles. The highest BCUT2D eigenvalue weighted by molar-refractivity contribution is 5.65. The van der Waals surface area contributed by atoms with E-state index in [1.165, 1.54) is 17.7 Å². The molecule has 0 saturated carbocycles. The lowest BCUT2D eigenvalue weighted by Gasteiger charge is -2.38. The third-order valence-electron chi connectivity index (χ3n) is 4.36. The molecular formula is C14H22N4. The van der Waals surface area contributed by atoms with Gasteiger partial charge in [-0.1, -0.05) is 6.92 Å². The molecule has 0 bridgehead atoms. The average molecular weight is 246 g/mol. The van der Waals surface area contributed by atoms with Gasteiger partial charge in [0.2, 0.25) is 0 Å². The first-order valence-electron chi connectivity index (χ1n) is 6.92. The molecule has 4 nitrogen and oxygen atoms in total. The van der Waals surface area contributed by atoms with Crippen LogP contribution in [0.4, 0.5) is 11.5 Å². The van der Waals surface area contributed by atoms with Gasteiger partial charge in [-0.3, -0.25) is 0 Å². The molecule has 0 aromatic carbocycles. The second-order valence-electron chi connectivity index (χ2n) is 5.48. The van der Waals surface area contributed by atoms with Crippen LogP contribution in [0.2, 0.25) is 0 Å². The van der Waals surface area contributed by atoms with Gasteiger partial charge < -0.3 is 15.5 Å². The van der Waals surface area contributed by atoms with E-state index in [1.807, 2.05) is 6.20 Å². The predicted octanol–water partition coefficient (Wildman–Crippen LogP) is 1.48. The van der Waals surface area contributed by atoms with Gasteiger partial charge in [0.25, 0.3) is 0 Å². The zero-order chi connectivity index (χ0) is 12.5. The van der Waals surface area contributed by atoms with Crippen molar-refractivity contribution in [3.05, 3.63) is 17.8 Å². The molecule has 1 fully saturated rings. The monoisotopic (exact) mass is 246 g/mol. The summed E-state index contributed by atoms with van der Waals surface area (Å²) in [6, 6.07) is 2.75. The average Bonchev–Trinajstić information content (AvgIpc) is 2.86. The first-order chi connectivity index (χ1) is 8.77. The summed E-state index contributed by atoms with van der Waals surface area (Å²) in [5.74, 6) is 1.82. The molecule has 0 amide bonds. The minimum atomic E-state index is 0.589. The highest BCUT2D eigenvalue weighted by Gasteiger charge is 2.27. The fourth-order valence-electron chi connectivity index (χ4n) is 3.19. The van der Waals surface area contributed by atoms with Gasteiger partial charge in [0.05, 0.1) is 0 Å². The van der Waals surface area contributed by atoms with Crippen LogP contribution in [0.25, 0.3) is 0 Å². The van der Waals surface area contributed by atoms with E-state index in [1.54, 1.807) is 0 Å². The van der Waals surface area contributed by atoms with Gasteiger partial charge in [0.15, 0.2) is 0 Å². The summed E-state index contributed by atoms with van der Waals surface area (Å²) in [4.78, 5) is 6.86. The molecule has 2 aliphatic heterocycles. The summed E-state index contributed by atoms with van der Waals surface area (Å²) in [5, 5.41) is 6.87. The fraction of sp³-hybridized carbons (Fsp3) is 0.643. The quantitative estimate of drug-likeness (QED) is 0.829. The van der Waals surface area contributed by atoms with Crippen LogP contribution in [0.3, 0.4) is 0 Å². The molecule has 0 aliphatic carbocycles. The third-order valence-corrected chi connectivity index (χ3v) is 4.36. The lowest BCUT2D eigenvalue weighted by Crippen LogP contribution is -2.49. The van der Waals surface area contributed by atoms with Gasteiger partial charge in [-0.25, -0.2) is 4.98 Å². The van der Waals surface area contributed by atoms with E-state index in [9.17, 15) is 0 Å². The van der Waals surface area contributed by atoms with Crippen LogP contribution >= 0.6 is 0 Å². The van der Waals surface area contributed by atoms with Gasteiger partial charge in [-0.2, -0.15) is 0 Å². The van der Waals surface area contributed by atoms with Crippen LogP contribution in [0.1, 0.15) is 18.9 Å². The van der Waals surface area contributed by atoms with E-state index in [4.69, 9.17) is 0 Å². The summed E-state index contributed by atoms with van der Waals surface area (Å²) in [6.07, 6.45) is 4.28. The maximum Gasteiger partial charge on any atom is 0.131 e. The van der Waals surface area contributed by atoms with Crippen LogP contribution in [-0.2, 0) is 6.42 Å². The van der Waals surface area contributed by atoms with Crippen LogP contribution in [0.15, 0.2) is 12.3 Å². The van der Waals surface area contributed by atoms with Crippen molar-refractivity contribution in [1.29, 1.82) is 0 Å². The van der Waals surface area contributed by atoms with Crippen LogP contribution in [0, 0.1) is 5.92 Å². The molecule has 4 heteroatoms. The molecule has 0 radical (unpaired) electrons. The molecular weight excluding hydrogens is 224 g/mol. The molecule has 1 aromatic heterocycles. The summed E-state index contributed by atoms with van der Waals surface area (Å²) >= 11 is 0. The van der Waals surface area contributed by atoms with Gasteiger partial charge in [-0.15, -0.1) is 0 Å². The SMILES string of the molecule is C[C@@H]1CCNCC1N(C)c1ccnc2c1CCN2. The minimum absolute atomic E-state index is 0.589. The van der Waals surface area contributed by atoms with E-state index in [2.05, 4.69) is 40.6 Å². The number of aromatic nitrogens is 1. The Morgan fingerprint density at radius 1 is 1.39 bits per heavy atom. The summed E-state index contributed by atoms with van der Waals surface area (Å²) in [5.41, 5.74) is 2.74. The number of fused-ring (bicyclic) bond motifs is 1. The van der Waals surface area contributed by atoms with Gasteiger partial charge in [0.1, 0.15) is 5.82 Å². The molecule has 2 N–H and O–H groups in total. The van der Waals surface area contributed by atoms with E-state index >= 15 is 0 Å². The molecule has 3 rings (SSSR count). The lowest BCUT2D eigenvalue weighted by molar-refractivity contribution is 0.338. The zero-order valence-corrected chi connectivity index (χ0v) is 11.2. The molecule has 1 aromatic rings. The normalized spacial score (nSPS) is 26.6. The summed E-state index contributed by atoms with van der Waals surface area (Å²) < 4.78 is 0. The predicted molar refractivity (Wildman–Crippen MR) is 75.3 cm³/mol. The maximum atomic E-state index is 4.41. The number of hydrogen-bond donors (Lipinski definition) is 2. The van der Waals surface area contributed by atoms with Crippen molar-refractivity contribution >= 4 is 11.5 Å². The van der Waals surface area contributed by atoms with Crippen molar-refractivity contribution in [2.45, 2.75) is 25.8 Å². The van der Waals surface area contributed by atoms with E-state index in [-0.39, 0.29) is 0 Å². The molecule has 98 valence electrons.